The summed E-state index contributed by atoms with van der Waals surface area (Å²) in [5.41, 5.74) is 2.62. The lowest BCUT2D eigenvalue weighted by Crippen LogP contribution is -2.18. The first-order valence-corrected chi connectivity index (χ1v) is 7.05. The van der Waals surface area contributed by atoms with E-state index in [1.807, 2.05) is 35.9 Å². The van der Waals surface area contributed by atoms with E-state index in [-0.39, 0.29) is 0 Å². The summed E-state index contributed by atoms with van der Waals surface area (Å²) >= 11 is 0. The Hall–Kier alpha value is -2.30. The number of nitrogens with zero attached hydrogens (tertiary/aromatic N) is 2. The van der Waals surface area contributed by atoms with Crippen LogP contribution in [-0.2, 0) is 18.3 Å². The molecule has 0 amide bonds. The summed E-state index contributed by atoms with van der Waals surface area (Å²) in [6.07, 6.45) is 2.41. The summed E-state index contributed by atoms with van der Waals surface area (Å²) in [4.78, 5) is 16.1. The van der Waals surface area contributed by atoms with Crippen molar-refractivity contribution in [2.45, 2.75) is 25.2 Å². The Morgan fingerprint density at radius 1 is 1.43 bits per heavy atom. The van der Waals surface area contributed by atoms with Gasteiger partial charge in [0.25, 0.3) is 0 Å². The summed E-state index contributed by atoms with van der Waals surface area (Å²) in [7, 11) is 3.57. The minimum absolute atomic E-state index is 0.497. The first kappa shape index (κ1) is 13.7. The van der Waals surface area contributed by atoms with Gasteiger partial charge in [-0.2, -0.15) is 0 Å². The molecule has 0 spiro atoms. The number of aliphatic carboxylic acids is 1. The van der Waals surface area contributed by atoms with Crippen LogP contribution >= 0.6 is 0 Å². The molecule has 0 aliphatic heterocycles. The Bertz CT molecular complexity index is 691. The van der Waals surface area contributed by atoms with Crippen molar-refractivity contribution in [1.29, 1.82) is 0 Å². The van der Waals surface area contributed by atoms with E-state index in [0.717, 1.165) is 35.7 Å². The zero-order valence-corrected chi connectivity index (χ0v) is 12.2. The van der Waals surface area contributed by atoms with Crippen LogP contribution in [0.25, 0.3) is 11.4 Å². The molecule has 0 saturated heterocycles. The molecule has 1 aliphatic rings. The molecule has 1 N–H and O–H groups in total. The smallest absolute Gasteiger partial charge is 0.312 e. The molecule has 110 valence electrons. The highest BCUT2D eigenvalue weighted by atomic mass is 16.5. The molecular formula is C16H18N2O3. The second-order valence-electron chi connectivity index (χ2n) is 5.31. The molecule has 0 fully saturated rings. The second kappa shape index (κ2) is 5.24. The van der Waals surface area contributed by atoms with E-state index in [9.17, 15) is 9.90 Å². The van der Waals surface area contributed by atoms with Crippen molar-refractivity contribution in [3.63, 3.8) is 0 Å². The Balaban J connectivity index is 2.16. The Morgan fingerprint density at radius 2 is 2.19 bits per heavy atom. The van der Waals surface area contributed by atoms with Crippen LogP contribution in [0.4, 0.5) is 0 Å². The van der Waals surface area contributed by atoms with Crippen LogP contribution in [0.3, 0.4) is 0 Å². The second-order valence-corrected chi connectivity index (χ2v) is 5.31. The van der Waals surface area contributed by atoms with Gasteiger partial charge in [-0.25, -0.2) is 4.98 Å². The van der Waals surface area contributed by atoms with Gasteiger partial charge in [-0.15, -0.1) is 0 Å². The van der Waals surface area contributed by atoms with Gasteiger partial charge in [0, 0.05) is 12.7 Å². The lowest BCUT2D eigenvalue weighted by molar-refractivity contribution is -0.139. The summed E-state index contributed by atoms with van der Waals surface area (Å²) in [6.45, 7) is 0. The molecule has 5 heteroatoms. The number of rotatable bonds is 3. The number of carboxylic acid groups (broad SMARTS) is 1. The van der Waals surface area contributed by atoms with Crippen molar-refractivity contribution in [2.75, 3.05) is 7.11 Å². The third-order valence-electron chi connectivity index (χ3n) is 4.13. The number of aromatic nitrogens is 2. The van der Waals surface area contributed by atoms with Gasteiger partial charge in [-0.05, 0) is 31.4 Å². The third-order valence-corrected chi connectivity index (χ3v) is 4.13. The van der Waals surface area contributed by atoms with E-state index >= 15 is 0 Å². The van der Waals surface area contributed by atoms with Crippen LogP contribution in [0.1, 0.15) is 30.1 Å². The van der Waals surface area contributed by atoms with E-state index in [1.165, 1.54) is 0 Å². The minimum atomic E-state index is -0.791. The fourth-order valence-corrected chi connectivity index (χ4v) is 3.05. The molecule has 0 saturated carbocycles. The fourth-order valence-electron chi connectivity index (χ4n) is 3.05. The van der Waals surface area contributed by atoms with Gasteiger partial charge < -0.3 is 14.4 Å². The number of para-hydroxylation sites is 1. The SMILES string of the molecule is COc1ccccc1-c1nc2c(n1C)CCCC2C(=O)O. The summed E-state index contributed by atoms with van der Waals surface area (Å²) < 4.78 is 7.39. The summed E-state index contributed by atoms with van der Waals surface area (Å²) in [5.74, 6) is 0.226. The number of carbonyl (C=O) groups is 1. The van der Waals surface area contributed by atoms with Crippen LogP contribution in [-0.4, -0.2) is 27.7 Å². The molecule has 1 aromatic carbocycles. The number of hydrogen-bond donors (Lipinski definition) is 1. The number of ether oxygens (including phenoxy) is 1. The van der Waals surface area contributed by atoms with E-state index in [1.54, 1.807) is 7.11 Å². The van der Waals surface area contributed by atoms with Gasteiger partial charge in [-0.1, -0.05) is 12.1 Å². The lowest BCUT2D eigenvalue weighted by atomic mass is 9.90. The molecule has 0 radical (unpaired) electrons. The predicted octanol–water partition coefficient (Wildman–Crippen LogP) is 2.60. The van der Waals surface area contributed by atoms with Crippen molar-refractivity contribution in [3.8, 4) is 17.1 Å². The molecule has 1 aliphatic carbocycles. The quantitative estimate of drug-likeness (QED) is 0.942. The molecule has 1 aromatic heterocycles. The average molecular weight is 286 g/mol. The number of imidazole rings is 1. The van der Waals surface area contributed by atoms with Gasteiger partial charge in [-0.3, -0.25) is 4.79 Å². The molecule has 1 heterocycles. The third kappa shape index (κ3) is 2.18. The highest BCUT2D eigenvalue weighted by Gasteiger charge is 2.31. The van der Waals surface area contributed by atoms with Crippen LogP contribution in [0, 0.1) is 0 Å². The van der Waals surface area contributed by atoms with Gasteiger partial charge >= 0.3 is 5.97 Å². The minimum Gasteiger partial charge on any atom is -0.496 e. The van der Waals surface area contributed by atoms with Crippen LogP contribution in [0.5, 0.6) is 5.75 Å². The van der Waals surface area contributed by atoms with E-state index in [0.29, 0.717) is 12.1 Å². The van der Waals surface area contributed by atoms with Crippen molar-refractivity contribution in [3.05, 3.63) is 35.7 Å². The van der Waals surface area contributed by atoms with Crippen LogP contribution < -0.4 is 4.74 Å². The maximum Gasteiger partial charge on any atom is 0.312 e. The number of benzene rings is 1. The molecule has 2 aromatic rings. The zero-order chi connectivity index (χ0) is 15.0. The standard InChI is InChI=1S/C16H18N2O3/c1-18-12-8-5-7-11(16(19)20)14(12)17-15(18)10-6-3-4-9-13(10)21-2/h3-4,6,9,11H,5,7-8H2,1-2H3,(H,19,20). The van der Waals surface area contributed by atoms with E-state index in [2.05, 4.69) is 4.98 Å². The van der Waals surface area contributed by atoms with E-state index in [4.69, 9.17) is 4.74 Å². The van der Waals surface area contributed by atoms with Crippen molar-refractivity contribution >= 4 is 5.97 Å². The van der Waals surface area contributed by atoms with Gasteiger partial charge in [0.15, 0.2) is 0 Å². The Labute approximate surface area is 123 Å². The van der Waals surface area contributed by atoms with Gasteiger partial charge in [0.1, 0.15) is 17.5 Å². The maximum absolute atomic E-state index is 11.4. The monoisotopic (exact) mass is 286 g/mol. The number of hydrogen-bond acceptors (Lipinski definition) is 3. The lowest BCUT2D eigenvalue weighted by Gasteiger charge is -2.18. The molecule has 0 bridgehead atoms. The topological polar surface area (TPSA) is 64.4 Å². The predicted molar refractivity (Wildman–Crippen MR) is 78.5 cm³/mol. The molecule has 5 nitrogen and oxygen atoms in total. The highest BCUT2D eigenvalue weighted by Crippen LogP contribution is 2.36. The Kier molecular flexibility index (Phi) is 3.41. The maximum atomic E-state index is 11.4. The Morgan fingerprint density at radius 3 is 2.90 bits per heavy atom. The summed E-state index contributed by atoms with van der Waals surface area (Å²) in [5, 5.41) is 9.38. The van der Waals surface area contributed by atoms with Crippen LogP contribution in [0.2, 0.25) is 0 Å². The van der Waals surface area contributed by atoms with E-state index < -0.39 is 11.9 Å². The first-order chi connectivity index (χ1) is 10.1. The molecule has 21 heavy (non-hydrogen) atoms. The van der Waals surface area contributed by atoms with Crippen molar-refractivity contribution < 1.29 is 14.6 Å². The summed E-state index contributed by atoms with van der Waals surface area (Å²) in [6, 6.07) is 7.67. The van der Waals surface area contributed by atoms with Crippen molar-refractivity contribution in [2.24, 2.45) is 7.05 Å². The molecule has 3 rings (SSSR count). The number of carboxylic acids is 1. The average Bonchev–Trinajstić information content (AvgIpc) is 2.84. The highest BCUT2D eigenvalue weighted by molar-refractivity contribution is 5.77. The number of methoxy groups -OCH3 is 1. The fraction of sp³-hybridized carbons (Fsp3) is 0.375. The molecular weight excluding hydrogens is 268 g/mol. The van der Waals surface area contributed by atoms with Gasteiger partial charge in [0.2, 0.25) is 0 Å². The molecule has 1 unspecified atom stereocenters. The zero-order valence-electron chi connectivity index (χ0n) is 12.2. The van der Waals surface area contributed by atoms with Crippen molar-refractivity contribution in [1.82, 2.24) is 9.55 Å². The number of fused-ring (bicyclic) bond motifs is 1. The molecule has 1 atom stereocenters. The largest absolute Gasteiger partial charge is 0.496 e. The van der Waals surface area contributed by atoms with Crippen LogP contribution in [0.15, 0.2) is 24.3 Å². The first-order valence-electron chi connectivity index (χ1n) is 7.05. The van der Waals surface area contributed by atoms with Gasteiger partial charge in [0.05, 0.1) is 18.4 Å². The normalized spacial score (nSPS) is 17.3.